The van der Waals surface area contributed by atoms with Gasteiger partial charge in [0.2, 0.25) is 5.88 Å². The van der Waals surface area contributed by atoms with Gasteiger partial charge in [-0.3, -0.25) is 10.1 Å². The molecule has 3 aromatic rings. The number of aromatic nitrogens is 1. The first-order valence-corrected chi connectivity index (χ1v) is 7.14. The van der Waals surface area contributed by atoms with Crippen LogP contribution in [0.15, 0.2) is 59.3 Å². The molecule has 5 heteroatoms. The zero-order valence-corrected chi connectivity index (χ0v) is 12.9. The lowest BCUT2D eigenvalue weighted by Crippen LogP contribution is -2.11. The van der Waals surface area contributed by atoms with Crippen LogP contribution in [0.3, 0.4) is 0 Å². The maximum atomic E-state index is 12.3. The molecular formula is C18H16N2O3. The Morgan fingerprint density at radius 2 is 1.78 bits per heavy atom. The number of hydrogen-bond acceptors (Lipinski definition) is 4. The van der Waals surface area contributed by atoms with Crippen molar-refractivity contribution in [3.05, 3.63) is 65.9 Å². The summed E-state index contributed by atoms with van der Waals surface area (Å²) in [6, 6.07) is 14.8. The number of aryl methyl sites for hydroxylation is 1. The van der Waals surface area contributed by atoms with Crippen LogP contribution in [0.1, 0.15) is 15.9 Å². The highest BCUT2D eigenvalue weighted by atomic mass is 16.5. The maximum Gasteiger partial charge on any atom is 0.258 e. The lowest BCUT2D eigenvalue weighted by atomic mass is 10.1. The fraction of sp³-hybridized carbons (Fsp3) is 0.111. The van der Waals surface area contributed by atoms with Crippen LogP contribution in [0.25, 0.3) is 11.1 Å². The van der Waals surface area contributed by atoms with Crippen molar-refractivity contribution < 1.29 is 14.1 Å². The summed E-state index contributed by atoms with van der Waals surface area (Å²) in [4.78, 5) is 12.3. The normalized spacial score (nSPS) is 10.3. The van der Waals surface area contributed by atoms with Crippen LogP contribution in [0.4, 0.5) is 5.88 Å². The largest absolute Gasteiger partial charge is 0.497 e. The van der Waals surface area contributed by atoms with E-state index < -0.39 is 0 Å². The molecule has 2 aromatic carbocycles. The molecule has 0 aliphatic heterocycles. The van der Waals surface area contributed by atoms with Crippen molar-refractivity contribution in [1.29, 1.82) is 0 Å². The summed E-state index contributed by atoms with van der Waals surface area (Å²) in [5.41, 5.74) is 3.35. The molecule has 1 N–H and O–H groups in total. The van der Waals surface area contributed by atoms with Gasteiger partial charge in [-0.25, -0.2) is 0 Å². The van der Waals surface area contributed by atoms with E-state index in [1.165, 1.54) is 0 Å². The number of benzene rings is 2. The van der Waals surface area contributed by atoms with E-state index in [1.807, 2.05) is 31.2 Å². The Morgan fingerprint density at radius 3 is 2.43 bits per heavy atom. The molecule has 1 heterocycles. The third kappa shape index (κ3) is 3.23. The Labute approximate surface area is 133 Å². The molecule has 5 nitrogen and oxygen atoms in total. The van der Waals surface area contributed by atoms with Gasteiger partial charge >= 0.3 is 0 Å². The van der Waals surface area contributed by atoms with Crippen LogP contribution in [0, 0.1) is 6.92 Å². The second-order valence-corrected chi connectivity index (χ2v) is 5.12. The second kappa shape index (κ2) is 6.36. The van der Waals surface area contributed by atoms with E-state index in [4.69, 9.17) is 9.26 Å². The van der Waals surface area contributed by atoms with Crippen LogP contribution in [-0.4, -0.2) is 18.2 Å². The molecule has 0 saturated carbocycles. The summed E-state index contributed by atoms with van der Waals surface area (Å²) < 4.78 is 10.3. The van der Waals surface area contributed by atoms with E-state index in [9.17, 15) is 4.79 Å². The van der Waals surface area contributed by atoms with Gasteiger partial charge in [-0.1, -0.05) is 35.0 Å². The van der Waals surface area contributed by atoms with Gasteiger partial charge in [-0.15, -0.1) is 0 Å². The smallest absolute Gasteiger partial charge is 0.258 e. The number of carbonyl (C=O) groups excluding carboxylic acids is 1. The molecule has 1 amide bonds. The van der Waals surface area contributed by atoms with E-state index in [-0.39, 0.29) is 5.91 Å². The lowest BCUT2D eigenvalue weighted by molar-refractivity contribution is 0.102. The third-order valence-electron chi connectivity index (χ3n) is 3.51. The van der Waals surface area contributed by atoms with E-state index >= 15 is 0 Å². The number of carbonyl (C=O) groups is 1. The summed E-state index contributed by atoms with van der Waals surface area (Å²) in [7, 11) is 1.58. The Balaban J connectivity index is 1.81. The monoisotopic (exact) mass is 308 g/mol. The first-order valence-electron chi connectivity index (χ1n) is 7.14. The molecule has 3 rings (SSSR count). The lowest BCUT2D eigenvalue weighted by Gasteiger charge is -2.05. The highest BCUT2D eigenvalue weighted by Crippen LogP contribution is 2.28. The molecule has 1 aromatic heterocycles. The molecule has 0 unspecified atom stereocenters. The van der Waals surface area contributed by atoms with Crippen LogP contribution in [0.2, 0.25) is 0 Å². The predicted molar refractivity (Wildman–Crippen MR) is 87.6 cm³/mol. The highest BCUT2D eigenvalue weighted by Gasteiger charge is 2.14. The molecule has 0 atom stereocenters. The molecular weight excluding hydrogens is 292 g/mol. The number of methoxy groups -OCH3 is 1. The van der Waals surface area contributed by atoms with Gasteiger partial charge in [0.1, 0.15) is 5.75 Å². The Morgan fingerprint density at radius 1 is 1.09 bits per heavy atom. The van der Waals surface area contributed by atoms with Gasteiger partial charge < -0.3 is 9.26 Å². The van der Waals surface area contributed by atoms with E-state index in [1.54, 1.807) is 37.6 Å². The minimum atomic E-state index is -0.266. The number of ether oxygens (including phenoxy) is 1. The van der Waals surface area contributed by atoms with E-state index in [2.05, 4.69) is 10.5 Å². The zero-order valence-electron chi connectivity index (χ0n) is 12.9. The summed E-state index contributed by atoms with van der Waals surface area (Å²) in [5, 5.41) is 6.53. The van der Waals surface area contributed by atoms with Crippen LogP contribution < -0.4 is 10.1 Å². The van der Waals surface area contributed by atoms with Crippen molar-refractivity contribution in [2.75, 3.05) is 12.4 Å². The van der Waals surface area contributed by atoms with Crippen molar-refractivity contribution in [2.24, 2.45) is 0 Å². The molecule has 0 radical (unpaired) electrons. The number of hydrogen-bond donors (Lipinski definition) is 1. The van der Waals surface area contributed by atoms with Gasteiger partial charge in [0, 0.05) is 5.56 Å². The van der Waals surface area contributed by atoms with Crippen molar-refractivity contribution in [3.8, 4) is 16.9 Å². The molecule has 116 valence electrons. The van der Waals surface area contributed by atoms with Crippen LogP contribution in [0.5, 0.6) is 5.75 Å². The van der Waals surface area contributed by atoms with Crippen molar-refractivity contribution >= 4 is 11.8 Å². The Hall–Kier alpha value is -3.08. The Kier molecular flexibility index (Phi) is 4.10. The van der Waals surface area contributed by atoms with Gasteiger partial charge in [0.15, 0.2) is 0 Å². The molecule has 0 spiro atoms. The average molecular weight is 308 g/mol. The fourth-order valence-electron chi connectivity index (χ4n) is 2.19. The highest BCUT2D eigenvalue weighted by molar-refractivity contribution is 6.05. The summed E-state index contributed by atoms with van der Waals surface area (Å²) in [6.45, 7) is 2.02. The fourth-order valence-corrected chi connectivity index (χ4v) is 2.19. The SMILES string of the molecule is COc1ccc(C(=O)Nc2oncc2-c2ccc(C)cc2)cc1. The summed E-state index contributed by atoms with van der Waals surface area (Å²) in [5.74, 6) is 0.758. The molecule has 0 saturated heterocycles. The van der Waals surface area contributed by atoms with Gasteiger partial charge in [0.05, 0.1) is 18.9 Å². The minimum Gasteiger partial charge on any atom is -0.497 e. The number of nitrogens with zero attached hydrogens (tertiary/aromatic N) is 1. The summed E-state index contributed by atoms with van der Waals surface area (Å²) >= 11 is 0. The first kappa shape index (κ1) is 14.8. The molecule has 0 bridgehead atoms. The second-order valence-electron chi connectivity index (χ2n) is 5.12. The third-order valence-corrected chi connectivity index (χ3v) is 3.51. The van der Waals surface area contributed by atoms with E-state index in [0.29, 0.717) is 17.2 Å². The standard InChI is InChI=1S/C18H16N2O3/c1-12-3-5-13(6-4-12)16-11-19-23-18(16)20-17(21)14-7-9-15(22-2)10-8-14/h3-11H,1-2H3,(H,20,21). The first-order chi connectivity index (χ1) is 11.2. The number of amides is 1. The minimum absolute atomic E-state index is 0.266. The Bertz CT molecular complexity index is 805. The quantitative estimate of drug-likeness (QED) is 0.793. The van der Waals surface area contributed by atoms with Crippen molar-refractivity contribution in [3.63, 3.8) is 0 Å². The molecule has 0 fully saturated rings. The number of nitrogens with one attached hydrogen (secondary N) is 1. The van der Waals surface area contributed by atoms with Gasteiger partial charge in [-0.05, 0) is 36.8 Å². The predicted octanol–water partition coefficient (Wildman–Crippen LogP) is 3.91. The zero-order chi connectivity index (χ0) is 16.2. The van der Waals surface area contributed by atoms with Crippen molar-refractivity contribution in [2.45, 2.75) is 6.92 Å². The average Bonchev–Trinajstić information content (AvgIpc) is 3.03. The topological polar surface area (TPSA) is 64.4 Å². The van der Waals surface area contributed by atoms with Gasteiger partial charge in [-0.2, -0.15) is 0 Å². The van der Waals surface area contributed by atoms with Gasteiger partial charge in [0.25, 0.3) is 5.91 Å². The van der Waals surface area contributed by atoms with E-state index in [0.717, 1.165) is 16.7 Å². The maximum absolute atomic E-state index is 12.3. The number of anilines is 1. The molecule has 0 aliphatic carbocycles. The number of rotatable bonds is 4. The summed E-state index contributed by atoms with van der Waals surface area (Å²) in [6.07, 6.45) is 1.59. The molecule has 23 heavy (non-hydrogen) atoms. The van der Waals surface area contributed by atoms with Crippen LogP contribution in [-0.2, 0) is 0 Å². The van der Waals surface area contributed by atoms with Crippen molar-refractivity contribution in [1.82, 2.24) is 5.16 Å². The van der Waals surface area contributed by atoms with Crippen LogP contribution >= 0.6 is 0 Å². The molecule has 0 aliphatic rings.